The van der Waals surface area contributed by atoms with E-state index < -0.39 is 0 Å². The number of benzene rings is 3. The van der Waals surface area contributed by atoms with E-state index in [1.807, 2.05) is 85.9 Å². The van der Waals surface area contributed by atoms with E-state index in [0.29, 0.717) is 23.0 Å². The van der Waals surface area contributed by atoms with Crippen LogP contribution >= 0.6 is 0 Å². The maximum atomic E-state index is 12.8. The van der Waals surface area contributed by atoms with Gasteiger partial charge in [-0.2, -0.15) is 10.1 Å². The molecule has 5 rings (SSSR count). The summed E-state index contributed by atoms with van der Waals surface area (Å²) in [5.41, 5.74) is 5.85. The lowest BCUT2D eigenvalue weighted by Gasteiger charge is -2.11. The number of nitrogens with zero attached hydrogens (tertiary/aromatic N) is 4. The van der Waals surface area contributed by atoms with Gasteiger partial charge in [0, 0.05) is 46.8 Å². The number of anilines is 5. The molecule has 1 amide bonds. The Morgan fingerprint density at radius 3 is 2.25 bits per heavy atom. The topological polar surface area (TPSA) is 96.8 Å². The number of nitrogens with one attached hydrogen (secondary N) is 3. The van der Waals surface area contributed by atoms with Crippen molar-refractivity contribution in [2.24, 2.45) is 0 Å². The second-order valence-corrected chi connectivity index (χ2v) is 8.37. The number of hydrogen-bond acceptors (Lipinski definition) is 6. The molecule has 0 radical (unpaired) electrons. The third-order valence-corrected chi connectivity index (χ3v) is 5.45. The highest BCUT2D eigenvalue weighted by Gasteiger charge is 2.09. The first kappa shape index (κ1) is 22.8. The van der Waals surface area contributed by atoms with E-state index in [4.69, 9.17) is 0 Å². The van der Waals surface area contributed by atoms with E-state index in [1.165, 1.54) is 5.56 Å². The van der Waals surface area contributed by atoms with Crippen molar-refractivity contribution in [2.45, 2.75) is 13.8 Å². The van der Waals surface area contributed by atoms with E-state index in [-0.39, 0.29) is 5.91 Å². The molecule has 8 nitrogen and oxygen atoms in total. The third kappa shape index (κ3) is 5.56. The predicted octanol–water partition coefficient (Wildman–Crippen LogP) is 6.02. The largest absolute Gasteiger partial charge is 0.340 e. The maximum absolute atomic E-state index is 12.8. The van der Waals surface area contributed by atoms with Crippen LogP contribution in [0, 0.1) is 13.8 Å². The van der Waals surface area contributed by atoms with Crippen LogP contribution in [0.25, 0.3) is 5.69 Å². The van der Waals surface area contributed by atoms with E-state index in [1.54, 1.807) is 23.0 Å². The van der Waals surface area contributed by atoms with Gasteiger partial charge in [-0.25, -0.2) is 9.67 Å². The molecule has 5 aromatic rings. The number of carbonyl (C=O) groups excluding carboxylic acids is 1. The summed E-state index contributed by atoms with van der Waals surface area (Å²) in [5.74, 6) is 0.991. The Kier molecular flexibility index (Phi) is 6.40. The number of amides is 1. The highest BCUT2D eigenvalue weighted by molar-refractivity contribution is 6.04. The van der Waals surface area contributed by atoms with Crippen molar-refractivity contribution >= 4 is 34.7 Å². The van der Waals surface area contributed by atoms with Crippen LogP contribution in [0.5, 0.6) is 0 Å². The minimum atomic E-state index is -0.196. The van der Waals surface area contributed by atoms with Crippen LogP contribution in [0.2, 0.25) is 0 Å². The zero-order valence-corrected chi connectivity index (χ0v) is 19.9. The van der Waals surface area contributed by atoms with Crippen molar-refractivity contribution in [3.8, 4) is 5.69 Å². The van der Waals surface area contributed by atoms with Gasteiger partial charge >= 0.3 is 0 Å². The summed E-state index contributed by atoms with van der Waals surface area (Å²) in [6, 6.07) is 26.6. The lowest BCUT2D eigenvalue weighted by atomic mass is 10.2. The van der Waals surface area contributed by atoms with Crippen LogP contribution in [0.4, 0.5) is 28.8 Å². The molecule has 0 spiro atoms. The van der Waals surface area contributed by atoms with Gasteiger partial charge in [0.1, 0.15) is 5.82 Å². The van der Waals surface area contributed by atoms with Crippen molar-refractivity contribution < 1.29 is 4.79 Å². The summed E-state index contributed by atoms with van der Waals surface area (Å²) >= 11 is 0. The van der Waals surface area contributed by atoms with Gasteiger partial charge in [-0.1, -0.05) is 23.8 Å². The normalized spacial score (nSPS) is 10.6. The monoisotopic (exact) mass is 475 g/mol. The first-order valence-electron chi connectivity index (χ1n) is 11.5. The average molecular weight is 476 g/mol. The Morgan fingerprint density at radius 1 is 0.778 bits per heavy atom. The first-order chi connectivity index (χ1) is 17.5. The molecule has 2 aromatic heterocycles. The standard InChI is InChI=1S/C28H25N7O/c1-19-7-9-22(10-8-19)31-26-17-20(2)30-28(34-26)33-24-13-11-23(12-14-24)32-27(36)21-5-3-6-25(18-21)35-16-4-15-29-35/h3-18H,1-2H3,(H,32,36)(H2,30,31,33,34). The molecule has 0 aliphatic carbocycles. The Morgan fingerprint density at radius 2 is 1.50 bits per heavy atom. The van der Waals surface area contributed by atoms with Crippen LogP contribution in [-0.4, -0.2) is 25.7 Å². The molecule has 0 saturated carbocycles. The van der Waals surface area contributed by atoms with Crippen LogP contribution in [0.1, 0.15) is 21.6 Å². The van der Waals surface area contributed by atoms with Gasteiger partial charge in [0.15, 0.2) is 0 Å². The number of aryl methyl sites for hydroxylation is 2. The summed E-state index contributed by atoms with van der Waals surface area (Å²) in [6.45, 7) is 3.98. The third-order valence-electron chi connectivity index (χ3n) is 5.45. The minimum absolute atomic E-state index is 0.196. The lowest BCUT2D eigenvalue weighted by Crippen LogP contribution is -2.12. The Labute approximate surface area is 209 Å². The summed E-state index contributed by atoms with van der Waals surface area (Å²) in [5, 5.41) is 13.7. The number of carbonyl (C=O) groups is 1. The molecule has 0 bridgehead atoms. The smallest absolute Gasteiger partial charge is 0.255 e. The molecular formula is C28H25N7O. The second kappa shape index (κ2) is 10.1. The first-order valence-corrected chi connectivity index (χ1v) is 11.5. The van der Waals surface area contributed by atoms with Crippen molar-refractivity contribution in [1.29, 1.82) is 0 Å². The van der Waals surface area contributed by atoms with E-state index in [9.17, 15) is 4.79 Å². The Bertz CT molecular complexity index is 1480. The summed E-state index contributed by atoms with van der Waals surface area (Å²) in [7, 11) is 0. The van der Waals surface area contributed by atoms with Crippen LogP contribution in [0.15, 0.2) is 97.3 Å². The number of rotatable bonds is 7. The van der Waals surface area contributed by atoms with Gasteiger partial charge in [0.2, 0.25) is 5.95 Å². The fraction of sp³-hybridized carbons (Fsp3) is 0.0714. The zero-order valence-electron chi connectivity index (χ0n) is 19.9. The molecule has 0 fully saturated rings. The van der Waals surface area contributed by atoms with E-state index in [0.717, 1.165) is 22.8 Å². The Hall–Kier alpha value is -4.98. The summed E-state index contributed by atoms with van der Waals surface area (Å²) in [6.07, 6.45) is 3.54. The molecule has 3 N–H and O–H groups in total. The van der Waals surface area contributed by atoms with Gasteiger partial charge in [0.05, 0.1) is 5.69 Å². The van der Waals surface area contributed by atoms with Gasteiger partial charge in [-0.3, -0.25) is 4.79 Å². The van der Waals surface area contributed by atoms with Gasteiger partial charge < -0.3 is 16.0 Å². The molecular weight excluding hydrogens is 450 g/mol. The van der Waals surface area contributed by atoms with Gasteiger partial charge in [-0.05, 0) is 74.5 Å². The zero-order chi connectivity index (χ0) is 24.9. The summed E-state index contributed by atoms with van der Waals surface area (Å²) < 4.78 is 1.71. The van der Waals surface area contributed by atoms with Crippen LogP contribution < -0.4 is 16.0 Å². The van der Waals surface area contributed by atoms with E-state index in [2.05, 4.69) is 37.9 Å². The molecule has 3 aromatic carbocycles. The van der Waals surface area contributed by atoms with Crippen molar-refractivity contribution in [2.75, 3.05) is 16.0 Å². The molecule has 36 heavy (non-hydrogen) atoms. The fourth-order valence-electron chi connectivity index (χ4n) is 3.65. The lowest BCUT2D eigenvalue weighted by molar-refractivity contribution is 0.102. The maximum Gasteiger partial charge on any atom is 0.255 e. The molecule has 0 aliphatic rings. The molecule has 2 heterocycles. The molecule has 8 heteroatoms. The highest BCUT2D eigenvalue weighted by atomic mass is 16.1. The highest BCUT2D eigenvalue weighted by Crippen LogP contribution is 2.21. The molecule has 0 atom stereocenters. The van der Waals surface area contributed by atoms with Crippen LogP contribution in [0.3, 0.4) is 0 Å². The van der Waals surface area contributed by atoms with Crippen molar-refractivity contribution in [3.05, 3.63) is 114 Å². The summed E-state index contributed by atoms with van der Waals surface area (Å²) in [4.78, 5) is 21.8. The molecule has 0 aliphatic heterocycles. The quantitative estimate of drug-likeness (QED) is 0.266. The molecule has 178 valence electrons. The fourth-order valence-corrected chi connectivity index (χ4v) is 3.65. The van der Waals surface area contributed by atoms with Gasteiger partial charge in [0.25, 0.3) is 5.91 Å². The molecule has 0 saturated heterocycles. The van der Waals surface area contributed by atoms with Crippen LogP contribution in [-0.2, 0) is 0 Å². The minimum Gasteiger partial charge on any atom is -0.340 e. The Balaban J connectivity index is 1.25. The molecule has 0 unspecified atom stereocenters. The van der Waals surface area contributed by atoms with Crippen molar-refractivity contribution in [1.82, 2.24) is 19.7 Å². The SMILES string of the molecule is Cc1ccc(Nc2cc(C)nc(Nc3ccc(NC(=O)c4cccc(-n5cccn5)c4)cc3)n2)cc1. The van der Waals surface area contributed by atoms with Gasteiger partial charge in [-0.15, -0.1) is 0 Å². The van der Waals surface area contributed by atoms with Crippen molar-refractivity contribution in [3.63, 3.8) is 0 Å². The number of hydrogen-bond donors (Lipinski definition) is 3. The average Bonchev–Trinajstić information content (AvgIpc) is 3.42. The second-order valence-electron chi connectivity index (χ2n) is 8.37. The van der Waals surface area contributed by atoms with E-state index >= 15 is 0 Å². The predicted molar refractivity (Wildman–Crippen MR) is 142 cm³/mol. The number of aromatic nitrogens is 4.